The third kappa shape index (κ3) is 3.31. The molecule has 0 aliphatic heterocycles. The van der Waals surface area contributed by atoms with Crippen LogP contribution in [0.3, 0.4) is 0 Å². The predicted octanol–water partition coefficient (Wildman–Crippen LogP) is 0.696. The summed E-state index contributed by atoms with van der Waals surface area (Å²) in [6.45, 7) is 1.54. The number of carbonyl (C=O) groups is 1. The molecule has 0 fully saturated rings. The Bertz CT molecular complexity index is 567. The molecule has 19 heavy (non-hydrogen) atoms. The van der Waals surface area contributed by atoms with Gasteiger partial charge in [-0.05, 0) is 31.0 Å². The molecule has 0 saturated carbocycles. The summed E-state index contributed by atoms with van der Waals surface area (Å²) in [4.78, 5) is 11.0. The Balaban J connectivity index is 3.22. The number of carboxylic acids is 1. The van der Waals surface area contributed by atoms with E-state index < -0.39 is 16.0 Å². The van der Waals surface area contributed by atoms with Crippen molar-refractivity contribution in [2.75, 3.05) is 20.2 Å². The first-order chi connectivity index (χ1) is 8.82. The van der Waals surface area contributed by atoms with Crippen LogP contribution in [0.5, 0.6) is 0 Å². The summed E-state index contributed by atoms with van der Waals surface area (Å²) in [6.07, 6.45) is 0.327. The molecule has 0 aliphatic rings. The van der Waals surface area contributed by atoms with Crippen LogP contribution < -0.4 is 0 Å². The van der Waals surface area contributed by atoms with Gasteiger partial charge in [0.25, 0.3) is 0 Å². The molecule has 1 aromatic rings. The summed E-state index contributed by atoms with van der Waals surface area (Å²) in [5.74, 6) is -1.16. The highest BCUT2D eigenvalue weighted by atomic mass is 32.2. The molecule has 2 N–H and O–H groups in total. The lowest BCUT2D eigenvalue weighted by Gasteiger charge is -2.18. The molecule has 0 spiro atoms. The second kappa shape index (κ2) is 6.14. The number of aromatic carboxylic acids is 1. The number of rotatable bonds is 6. The summed E-state index contributed by atoms with van der Waals surface area (Å²) in [6, 6.07) is 4.15. The highest BCUT2D eigenvalue weighted by Gasteiger charge is 2.24. The number of aliphatic hydroxyl groups excluding tert-OH is 1. The zero-order chi connectivity index (χ0) is 14.6. The van der Waals surface area contributed by atoms with E-state index in [0.717, 1.165) is 4.31 Å². The fourth-order valence-corrected chi connectivity index (χ4v) is 3.16. The molecule has 0 heterocycles. The molecule has 0 amide bonds. The SMILES string of the molecule is Cc1c(C(=O)O)cccc1S(=O)(=O)N(C)CCCO. The van der Waals surface area contributed by atoms with Crippen LogP contribution in [0.1, 0.15) is 22.3 Å². The summed E-state index contributed by atoms with van der Waals surface area (Å²) >= 11 is 0. The Labute approximate surface area is 112 Å². The van der Waals surface area contributed by atoms with Crippen LogP contribution >= 0.6 is 0 Å². The number of hydrogen-bond acceptors (Lipinski definition) is 4. The van der Waals surface area contributed by atoms with Gasteiger partial charge in [0.2, 0.25) is 10.0 Å². The Morgan fingerprint density at radius 3 is 2.53 bits per heavy atom. The number of aliphatic hydroxyl groups is 1. The third-order valence-corrected chi connectivity index (χ3v) is 4.84. The molecule has 7 heteroatoms. The Hall–Kier alpha value is -1.44. The van der Waals surface area contributed by atoms with Crippen molar-refractivity contribution in [3.8, 4) is 0 Å². The first kappa shape index (κ1) is 15.6. The van der Waals surface area contributed by atoms with E-state index in [2.05, 4.69) is 0 Å². The van der Waals surface area contributed by atoms with E-state index in [0.29, 0.717) is 6.42 Å². The first-order valence-electron chi connectivity index (χ1n) is 5.72. The van der Waals surface area contributed by atoms with Crippen LogP contribution in [0.2, 0.25) is 0 Å². The van der Waals surface area contributed by atoms with Gasteiger partial charge < -0.3 is 10.2 Å². The van der Waals surface area contributed by atoms with Gasteiger partial charge in [0.1, 0.15) is 0 Å². The molecule has 0 atom stereocenters. The van der Waals surface area contributed by atoms with E-state index >= 15 is 0 Å². The van der Waals surface area contributed by atoms with E-state index in [1.807, 2.05) is 0 Å². The number of sulfonamides is 1. The van der Waals surface area contributed by atoms with Gasteiger partial charge in [-0.25, -0.2) is 17.5 Å². The van der Waals surface area contributed by atoms with Crippen molar-refractivity contribution in [1.29, 1.82) is 0 Å². The molecule has 0 aliphatic carbocycles. The van der Waals surface area contributed by atoms with Gasteiger partial charge in [-0.3, -0.25) is 0 Å². The van der Waals surface area contributed by atoms with Crippen LogP contribution in [0.25, 0.3) is 0 Å². The Morgan fingerprint density at radius 1 is 1.37 bits per heavy atom. The molecular formula is C12H17NO5S. The standard InChI is InChI=1S/C12H17NO5S/c1-9-10(12(15)16)5-3-6-11(9)19(17,18)13(2)7-4-8-14/h3,5-6,14H,4,7-8H2,1-2H3,(H,15,16). The van der Waals surface area contributed by atoms with Crippen molar-refractivity contribution >= 4 is 16.0 Å². The number of hydrogen-bond donors (Lipinski definition) is 2. The minimum Gasteiger partial charge on any atom is -0.478 e. The van der Waals surface area contributed by atoms with E-state index in [4.69, 9.17) is 10.2 Å². The molecule has 0 radical (unpaired) electrons. The van der Waals surface area contributed by atoms with Crippen molar-refractivity contribution in [3.05, 3.63) is 29.3 Å². The average molecular weight is 287 g/mol. The molecule has 0 unspecified atom stereocenters. The van der Waals surface area contributed by atoms with Crippen molar-refractivity contribution in [1.82, 2.24) is 4.31 Å². The topological polar surface area (TPSA) is 94.9 Å². The maximum Gasteiger partial charge on any atom is 0.335 e. The zero-order valence-corrected chi connectivity index (χ0v) is 11.6. The Morgan fingerprint density at radius 2 is 2.00 bits per heavy atom. The lowest BCUT2D eigenvalue weighted by molar-refractivity contribution is 0.0696. The molecular weight excluding hydrogens is 270 g/mol. The van der Waals surface area contributed by atoms with Gasteiger partial charge in [-0.15, -0.1) is 0 Å². The predicted molar refractivity (Wildman–Crippen MR) is 69.7 cm³/mol. The van der Waals surface area contributed by atoms with Crippen LogP contribution in [-0.2, 0) is 10.0 Å². The Kier molecular flexibility index (Phi) is 5.04. The van der Waals surface area contributed by atoms with Gasteiger partial charge in [-0.1, -0.05) is 6.07 Å². The maximum atomic E-state index is 12.3. The van der Waals surface area contributed by atoms with Gasteiger partial charge in [-0.2, -0.15) is 0 Å². The van der Waals surface area contributed by atoms with E-state index in [1.165, 1.54) is 32.2 Å². The molecule has 0 saturated heterocycles. The van der Waals surface area contributed by atoms with E-state index in [-0.39, 0.29) is 29.2 Å². The third-order valence-electron chi connectivity index (χ3n) is 2.83. The molecule has 0 bridgehead atoms. The van der Waals surface area contributed by atoms with Crippen molar-refractivity contribution in [2.45, 2.75) is 18.2 Å². The van der Waals surface area contributed by atoms with Crippen molar-refractivity contribution in [2.24, 2.45) is 0 Å². The fraction of sp³-hybridized carbons (Fsp3) is 0.417. The van der Waals surface area contributed by atoms with Crippen LogP contribution in [0.4, 0.5) is 0 Å². The molecule has 6 nitrogen and oxygen atoms in total. The zero-order valence-electron chi connectivity index (χ0n) is 10.8. The molecule has 0 aromatic heterocycles. The number of benzene rings is 1. The number of carboxylic acid groups (broad SMARTS) is 1. The minimum atomic E-state index is -3.74. The smallest absolute Gasteiger partial charge is 0.335 e. The first-order valence-corrected chi connectivity index (χ1v) is 7.16. The molecule has 1 rings (SSSR count). The summed E-state index contributed by atoms with van der Waals surface area (Å²) in [5.41, 5.74) is 0.183. The van der Waals surface area contributed by atoms with Crippen molar-refractivity contribution < 1.29 is 23.4 Å². The maximum absolute atomic E-state index is 12.3. The summed E-state index contributed by atoms with van der Waals surface area (Å²) < 4.78 is 25.7. The second-order valence-corrected chi connectivity index (χ2v) is 6.15. The van der Waals surface area contributed by atoms with Crippen LogP contribution in [0.15, 0.2) is 23.1 Å². The number of nitrogens with zero attached hydrogens (tertiary/aromatic N) is 1. The minimum absolute atomic E-state index is 0.0205. The highest BCUT2D eigenvalue weighted by Crippen LogP contribution is 2.22. The van der Waals surface area contributed by atoms with Gasteiger partial charge >= 0.3 is 5.97 Å². The van der Waals surface area contributed by atoms with Gasteiger partial charge in [0.15, 0.2) is 0 Å². The van der Waals surface area contributed by atoms with Gasteiger partial charge in [0.05, 0.1) is 10.5 Å². The van der Waals surface area contributed by atoms with E-state index in [1.54, 1.807) is 0 Å². The van der Waals surface area contributed by atoms with Gasteiger partial charge in [0, 0.05) is 20.2 Å². The normalized spacial score (nSPS) is 11.8. The molecule has 106 valence electrons. The summed E-state index contributed by atoms with van der Waals surface area (Å²) in [5, 5.41) is 17.7. The highest BCUT2D eigenvalue weighted by molar-refractivity contribution is 7.89. The average Bonchev–Trinajstić information content (AvgIpc) is 2.35. The quantitative estimate of drug-likeness (QED) is 0.803. The lowest BCUT2D eigenvalue weighted by Crippen LogP contribution is -2.29. The molecule has 1 aromatic carbocycles. The van der Waals surface area contributed by atoms with Crippen LogP contribution in [0, 0.1) is 6.92 Å². The largest absolute Gasteiger partial charge is 0.478 e. The second-order valence-electron chi connectivity index (χ2n) is 4.14. The lowest BCUT2D eigenvalue weighted by atomic mass is 10.1. The fourth-order valence-electron chi connectivity index (χ4n) is 1.71. The monoisotopic (exact) mass is 287 g/mol. The van der Waals surface area contributed by atoms with Crippen LogP contribution in [-0.4, -0.2) is 49.1 Å². The summed E-state index contributed by atoms with van der Waals surface area (Å²) in [7, 11) is -2.34. The van der Waals surface area contributed by atoms with Crippen molar-refractivity contribution in [3.63, 3.8) is 0 Å². The van der Waals surface area contributed by atoms with E-state index in [9.17, 15) is 13.2 Å².